The summed E-state index contributed by atoms with van der Waals surface area (Å²) in [5.74, 6) is 0. The van der Waals surface area contributed by atoms with Gasteiger partial charge < -0.3 is 34.6 Å². The van der Waals surface area contributed by atoms with Gasteiger partial charge in [0.2, 0.25) is 0 Å². The summed E-state index contributed by atoms with van der Waals surface area (Å²) in [6, 6.07) is 16.8. The van der Waals surface area contributed by atoms with Gasteiger partial charge in [-0.05, 0) is 122 Å². The summed E-state index contributed by atoms with van der Waals surface area (Å²) < 4.78 is 4.19. The summed E-state index contributed by atoms with van der Waals surface area (Å²) in [4.78, 5) is 4.86. The first-order valence-electron chi connectivity index (χ1n) is 14.1. The van der Waals surface area contributed by atoms with Crippen molar-refractivity contribution in [1.82, 2.24) is 0 Å². The Hall–Kier alpha value is -2.92. The smallest absolute Gasteiger partial charge is 0.408 e. The maximum atomic E-state index is 4.43. The highest BCUT2D eigenvalue weighted by Gasteiger charge is 2.12. The van der Waals surface area contributed by atoms with E-state index in [-0.39, 0.29) is 24.8 Å². The Morgan fingerprint density at radius 3 is 1.29 bits per heavy atom. The molecule has 0 N–H and O–H groups in total. The zero-order chi connectivity index (χ0) is 28.2. The summed E-state index contributed by atoms with van der Waals surface area (Å²) in [6.45, 7) is 14.4. The molecule has 0 aliphatic heterocycles. The molecule has 42 heavy (non-hydrogen) atoms. The number of rotatable bonds is 15. The Morgan fingerprint density at radius 2 is 0.952 bits per heavy atom. The van der Waals surface area contributed by atoms with Crippen LogP contribution in [0.5, 0.6) is 0 Å². The zero-order valence-corrected chi connectivity index (χ0v) is 27.9. The van der Waals surface area contributed by atoms with E-state index in [2.05, 4.69) is 116 Å². The first-order chi connectivity index (χ1) is 19.6. The van der Waals surface area contributed by atoms with Gasteiger partial charge in [0.25, 0.3) is 0 Å². The number of aromatic nitrogens is 2. The molecule has 226 valence electrons. The largest absolute Gasteiger partial charge is 1.00 e. The van der Waals surface area contributed by atoms with E-state index in [1.54, 1.807) is 22.7 Å². The van der Waals surface area contributed by atoms with Crippen LogP contribution in [0.2, 0.25) is 0 Å². The van der Waals surface area contributed by atoms with E-state index in [0.717, 1.165) is 73.7 Å². The van der Waals surface area contributed by atoms with E-state index >= 15 is 0 Å². The highest BCUT2D eigenvalue weighted by atomic mass is 35.5. The van der Waals surface area contributed by atoms with E-state index in [0.29, 0.717) is 0 Å². The fourth-order valence-corrected chi connectivity index (χ4v) is 5.93. The predicted octanol–water partition coefficient (Wildman–Crippen LogP) is 2.40. The molecule has 2 heterocycles. The molecule has 0 aliphatic rings. The lowest BCUT2D eigenvalue weighted by atomic mass is 10.2. The second-order valence-electron chi connectivity index (χ2n) is 9.24. The van der Waals surface area contributed by atoms with Crippen molar-refractivity contribution in [3.63, 3.8) is 0 Å². The van der Waals surface area contributed by atoms with Crippen molar-refractivity contribution in [2.45, 2.75) is 53.6 Å². The third-order valence-electron chi connectivity index (χ3n) is 6.80. The van der Waals surface area contributed by atoms with Crippen LogP contribution in [-0.4, -0.2) is 26.2 Å². The van der Waals surface area contributed by atoms with E-state index in [1.807, 2.05) is 23.2 Å². The number of halogens is 2. The van der Waals surface area contributed by atoms with Crippen LogP contribution in [0.1, 0.15) is 40.5 Å². The van der Waals surface area contributed by atoms with Crippen LogP contribution < -0.4 is 43.7 Å². The van der Waals surface area contributed by atoms with Gasteiger partial charge in [-0.25, -0.2) is 9.13 Å². The molecule has 2 aromatic heterocycles. The minimum atomic E-state index is 0. The number of unbranched alkanes of at least 4 members (excludes halogenated alkanes) is 1. The third kappa shape index (κ3) is 9.83. The average molecular weight is 648 g/mol. The third-order valence-corrected chi connectivity index (χ3v) is 8.37. The molecule has 0 bridgehead atoms. The van der Waals surface area contributed by atoms with Gasteiger partial charge in [-0.3, -0.25) is 0 Å². The molecule has 0 atom stereocenters. The summed E-state index contributed by atoms with van der Waals surface area (Å²) in [5, 5.41) is 23.6. The Bertz CT molecular complexity index is 1260. The molecule has 12 heteroatoms. The number of nitrogens with zero attached hydrogens (tertiary/aromatic N) is 8. The van der Waals surface area contributed by atoms with E-state index in [9.17, 15) is 0 Å². The minimum Gasteiger partial charge on any atom is -1.00 e. The van der Waals surface area contributed by atoms with Gasteiger partial charge in [-0.2, -0.15) is 0 Å². The first kappa shape index (κ1) is 35.3. The Morgan fingerprint density at radius 1 is 0.571 bits per heavy atom. The van der Waals surface area contributed by atoms with Gasteiger partial charge >= 0.3 is 10.3 Å². The van der Waals surface area contributed by atoms with Crippen molar-refractivity contribution in [1.29, 1.82) is 0 Å². The lowest BCUT2D eigenvalue weighted by Gasteiger charge is -2.26. The lowest BCUT2D eigenvalue weighted by molar-refractivity contribution is -0.677. The van der Waals surface area contributed by atoms with Gasteiger partial charge in [0.05, 0.1) is 23.3 Å². The summed E-state index contributed by atoms with van der Waals surface area (Å²) in [5.41, 5.74) is 4.20. The van der Waals surface area contributed by atoms with Crippen molar-refractivity contribution in [2.24, 2.45) is 20.5 Å². The molecule has 2 aromatic carbocycles. The maximum absolute atomic E-state index is 4.43. The van der Waals surface area contributed by atoms with Gasteiger partial charge in [0, 0.05) is 48.3 Å². The molecular formula is C30H40Cl2N8S2. The van der Waals surface area contributed by atoms with Gasteiger partial charge in [0.1, 0.15) is 23.8 Å². The summed E-state index contributed by atoms with van der Waals surface area (Å²) in [6.07, 6.45) is 6.34. The standard InChI is InChI=1S/C30H40N8S2.2ClH/c1-5-35(27-15-11-25(12-16-27)31-33-29-37(7-3)21-23-39-29)19-9-10-20-36(6-2)28-17-13-26(14-18-28)32-34-30-38(8-4)22-24-40-30;;/h11-18,21-24H,5-10,19-20H2,1-4H3;2*1H/q+2;;/p-2. The fraction of sp³-hybridized carbons (Fsp3) is 0.400. The number of anilines is 2. The molecule has 8 nitrogen and oxygen atoms in total. The molecule has 0 radical (unpaired) electrons. The number of hydrogen-bond acceptors (Lipinski definition) is 8. The number of thiazole rings is 2. The molecule has 0 unspecified atom stereocenters. The molecular weight excluding hydrogens is 607 g/mol. The second kappa shape index (κ2) is 18.6. The van der Waals surface area contributed by atoms with E-state index in [1.165, 1.54) is 11.4 Å². The van der Waals surface area contributed by atoms with E-state index in [4.69, 9.17) is 0 Å². The quantitative estimate of drug-likeness (QED) is 0.113. The normalized spacial score (nSPS) is 11.0. The van der Waals surface area contributed by atoms with Gasteiger partial charge in [-0.15, -0.1) is 0 Å². The van der Waals surface area contributed by atoms with Crippen LogP contribution in [0.25, 0.3) is 0 Å². The van der Waals surface area contributed by atoms with E-state index < -0.39 is 0 Å². The van der Waals surface area contributed by atoms with Crippen LogP contribution in [-0.2, 0) is 13.1 Å². The number of azo groups is 2. The lowest BCUT2D eigenvalue weighted by Crippen LogP contribution is -3.00. The molecule has 4 aromatic rings. The Kier molecular flexibility index (Phi) is 15.6. The highest BCUT2D eigenvalue weighted by Crippen LogP contribution is 2.25. The van der Waals surface area contributed by atoms with Crippen LogP contribution in [0.15, 0.2) is 92.1 Å². The van der Waals surface area contributed by atoms with Crippen molar-refractivity contribution >= 4 is 55.7 Å². The topological polar surface area (TPSA) is 63.7 Å². The monoisotopic (exact) mass is 646 g/mol. The Balaban J connectivity index is 0.00000308. The molecule has 0 spiro atoms. The highest BCUT2D eigenvalue weighted by molar-refractivity contribution is 7.13. The maximum Gasteiger partial charge on any atom is 0.408 e. The molecule has 0 fully saturated rings. The zero-order valence-electron chi connectivity index (χ0n) is 24.7. The van der Waals surface area contributed by atoms with Crippen molar-refractivity contribution in [3.05, 3.63) is 71.7 Å². The number of hydrogen-bond donors (Lipinski definition) is 0. The summed E-state index contributed by atoms with van der Waals surface area (Å²) >= 11 is 3.21. The molecule has 0 saturated heterocycles. The fourth-order valence-electron chi connectivity index (χ4n) is 4.44. The van der Waals surface area contributed by atoms with Gasteiger partial charge in [-0.1, -0.05) is 0 Å². The molecule has 0 amide bonds. The molecule has 0 aliphatic carbocycles. The second-order valence-corrected chi connectivity index (χ2v) is 11.0. The van der Waals surface area contributed by atoms with Crippen LogP contribution >= 0.6 is 22.7 Å². The van der Waals surface area contributed by atoms with Crippen molar-refractivity contribution in [2.75, 3.05) is 36.0 Å². The minimum absolute atomic E-state index is 0. The van der Waals surface area contributed by atoms with Crippen LogP contribution in [0.3, 0.4) is 0 Å². The van der Waals surface area contributed by atoms with Crippen molar-refractivity contribution in [3.8, 4) is 0 Å². The SMILES string of the molecule is CCN(CCCCN(CC)c1ccc(N=Nc2scc[n+]2CC)cc1)c1ccc(N=Nc2scc[n+]2CC)cc1.[Cl-].[Cl-]. The Labute approximate surface area is 270 Å². The summed E-state index contributed by atoms with van der Waals surface area (Å²) in [7, 11) is 0. The average Bonchev–Trinajstić information content (AvgIpc) is 3.66. The predicted molar refractivity (Wildman–Crippen MR) is 167 cm³/mol. The van der Waals surface area contributed by atoms with Gasteiger partial charge in [0.15, 0.2) is 0 Å². The van der Waals surface area contributed by atoms with Crippen LogP contribution in [0.4, 0.5) is 33.0 Å². The number of aryl methyl sites for hydroxylation is 2. The first-order valence-corrected chi connectivity index (χ1v) is 15.9. The number of benzene rings is 2. The van der Waals surface area contributed by atoms with Crippen molar-refractivity contribution < 1.29 is 33.9 Å². The molecule has 0 saturated carbocycles. The van der Waals surface area contributed by atoms with Crippen LogP contribution in [0, 0.1) is 0 Å². The molecule has 4 rings (SSSR count).